The zero-order valence-corrected chi connectivity index (χ0v) is 17.6. The molecule has 0 atom stereocenters. The summed E-state index contributed by atoms with van der Waals surface area (Å²) in [6.45, 7) is 0. The molecule has 0 saturated heterocycles. The predicted octanol–water partition coefficient (Wildman–Crippen LogP) is 7.13. The number of carbonyl (C=O) groups excluding carboxylic acids is 1. The van der Waals surface area contributed by atoms with Crippen LogP contribution in [0.3, 0.4) is 0 Å². The number of hydrogen-bond donors (Lipinski definition) is 0. The highest BCUT2D eigenvalue weighted by Crippen LogP contribution is 2.32. The number of halogens is 2. The summed E-state index contributed by atoms with van der Waals surface area (Å²) in [7, 11) is 1.63. The lowest BCUT2D eigenvalue weighted by molar-refractivity contribution is 0.104. The van der Waals surface area contributed by atoms with Crippen LogP contribution in [-0.4, -0.2) is 12.9 Å². The first kappa shape index (κ1) is 19.7. The molecule has 27 heavy (non-hydrogen) atoms. The first-order chi connectivity index (χ1) is 13.0. The number of rotatable bonds is 6. The molecule has 3 rings (SSSR count). The van der Waals surface area contributed by atoms with Crippen molar-refractivity contribution in [2.75, 3.05) is 7.11 Å². The van der Waals surface area contributed by atoms with Crippen LogP contribution < -0.4 is 4.74 Å². The highest BCUT2D eigenvalue weighted by molar-refractivity contribution is 9.10. The van der Waals surface area contributed by atoms with Crippen LogP contribution in [0.15, 0.2) is 87.1 Å². The topological polar surface area (TPSA) is 26.3 Å². The zero-order chi connectivity index (χ0) is 19.2. The molecule has 0 aliphatic rings. The van der Waals surface area contributed by atoms with Crippen molar-refractivity contribution in [3.63, 3.8) is 0 Å². The van der Waals surface area contributed by atoms with Crippen LogP contribution in [0.5, 0.6) is 5.75 Å². The van der Waals surface area contributed by atoms with Gasteiger partial charge in [-0.2, -0.15) is 0 Å². The molecule has 3 aromatic rings. The van der Waals surface area contributed by atoms with Crippen molar-refractivity contribution in [3.8, 4) is 5.75 Å². The average molecular weight is 460 g/mol. The lowest BCUT2D eigenvalue weighted by Gasteiger charge is -2.08. The van der Waals surface area contributed by atoms with Crippen molar-refractivity contribution in [3.05, 3.63) is 98.3 Å². The minimum absolute atomic E-state index is 0.0459. The minimum atomic E-state index is -0.0459. The lowest BCUT2D eigenvalue weighted by atomic mass is 10.1. The van der Waals surface area contributed by atoms with Crippen molar-refractivity contribution >= 4 is 51.2 Å². The summed E-state index contributed by atoms with van der Waals surface area (Å²) in [5.41, 5.74) is 1.53. The maximum Gasteiger partial charge on any atom is 0.199 e. The zero-order valence-electron chi connectivity index (χ0n) is 14.5. The Kier molecular flexibility index (Phi) is 6.78. The number of Topliss-reactive ketones (excluding diaryl/α,β-unsaturated/α-hetero) is 1. The van der Waals surface area contributed by atoms with Crippen molar-refractivity contribution < 1.29 is 9.53 Å². The molecule has 136 valence electrons. The van der Waals surface area contributed by atoms with Crippen LogP contribution in [0.2, 0.25) is 5.02 Å². The van der Waals surface area contributed by atoms with Gasteiger partial charge in [0, 0.05) is 20.0 Å². The average Bonchev–Trinajstić information content (AvgIpc) is 2.70. The maximum absolute atomic E-state index is 13.1. The van der Waals surface area contributed by atoms with Crippen molar-refractivity contribution in [2.45, 2.75) is 4.90 Å². The van der Waals surface area contributed by atoms with E-state index in [1.807, 2.05) is 54.6 Å². The Morgan fingerprint density at radius 2 is 1.59 bits per heavy atom. The molecule has 0 saturated carbocycles. The van der Waals surface area contributed by atoms with Crippen LogP contribution >= 0.6 is 39.3 Å². The van der Waals surface area contributed by atoms with Gasteiger partial charge < -0.3 is 4.74 Å². The number of ketones is 1. The van der Waals surface area contributed by atoms with Crippen LogP contribution in [0.4, 0.5) is 0 Å². The van der Waals surface area contributed by atoms with E-state index in [0.717, 1.165) is 20.7 Å². The number of ether oxygens (including phenoxy) is 1. The standard InChI is InChI=1S/C22H16BrClO2S/c1-26-19-10-2-15(3-11-19)14-21(27-20-12-6-17(23)7-13-20)22(25)16-4-8-18(24)9-5-16/h2-14H,1H3. The Balaban J connectivity index is 1.96. The van der Waals surface area contributed by atoms with E-state index in [9.17, 15) is 4.79 Å². The number of methoxy groups -OCH3 is 1. The Morgan fingerprint density at radius 1 is 0.963 bits per heavy atom. The smallest absolute Gasteiger partial charge is 0.199 e. The fourth-order valence-corrected chi connectivity index (χ4v) is 3.69. The Morgan fingerprint density at radius 3 is 2.19 bits per heavy atom. The summed E-state index contributed by atoms with van der Waals surface area (Å²) >= 11 is 10.8. The van der Waals surface area contributed by atoms with E-state index >= 15 is 0 Å². The third kappa shape index (κ3) is 5.48. The molecule has 0 radical (unpaired) electrons. The van der Waals surface area contributed by atoms with Gasteiger partial charge in [0.25, 0.3) is 0 Å². The van der Waals surface area contributed by atoms with Crippen LogP contribution in [0.25, 0.3) is 6.08 Å². The number of allylic oxidation sites excluding steroid dienone is 1. The number of hydrogen-bond acceptors (Lipinski definition) is 3. The van der Waals surface area contributed by atoms with Crippen molar-refractivity contribution in [1.82, 2.24) is 0 Å². The van der Waals surface area contributed by atoms with Crippen LogP contribution in [0, 0.1) is 0 Å². The van der Waals surface area contributed by atoms with Gasteiger partial charge in [0.15, 0.2) is 5.78 Å². The molecule has 0 amide bonds. The third-order valence-corrected chi connectivity index (χ3v) is 5.60. The van der Waals surface area contributed by atoms with Gasteiger partial charge in [-0.15, -0.1) is 0 Å². The van der Waals surface area contributed by atoms with Gasteiger partial charge in [0.1, 0.15) is 5.75 Å². The molecule has 0 spiro atoms. The molecular formula is C22H16BrClO2S. The normalized spacial score (nSPS) is 11.3. The quantitative estimate of drug-likeness (QED) is 0.223. The van der Waals surface area contributed by atoms with E-state index in [1.165, 1.54) is 11.8 Å². The lowest BCUT2D eigenvalue weighted by Crippen LogP contribution is -2.01. The second-order valence-corrected chi connectivity index (χ2v) is 8.14. The number of benzene rings is 3. The molecular weight excluding hydrogens is 444 g/mol. The molecule has 5 heteroatoms. The van der Waals surface area contributed by atoms with Gasteiger partial charge in [-0.3, -0.25) is 4.79 Å². The largest absolute Gasteiger partial charge is 0.497 e. The Hall–Kier alpha value is -2.01. The molecule has 0 fully saturated rings. The van der Waals surface area contributed by atoms with Crippen molar-refractivity contribution in [2.24, 2.45) is 0 Å². The fourth-order valence-electron chi connectivity index (χ4n) is 2.37. The first-order valence-corrected chi connectivity index (χ1v) is 10.1. The van der Waals surface area contributed by atoms with E-state index in [1.54, 1.807) is 31.4 Å². The Bertz CT molecular complexity index is 949. The minimum Gasteiger partial charge on any atom is -0.497 e. The second-order valence-electron chi connectivity index (χ2n) is 5.67. The summed E-state index contributed by atoms with van der Waals surface area (Å²) in [6, 6.07) is 22.4. The van der Waals surface area contributed by atoms with Crippen LogP contribution in [-0.2, 0) is 0 Å². The summed E-state index contributed by atoms with van der Waals surface area (Å²) in [6.07, 6.45) is 1.89. The van der Waals surface area contributed by atoms with Crippen LogP contribution in [0.1, 0.15) is 15.9 Å². The molecule has 2 nitrogen and oxygen atoms in total. The van der Waals surface area contributed by atoms with Gasteiger partial charge in [-0.1, -0.05) is 51.4 Å². The molecule has 0 heterocycles. The van der Waals surface area contributed by atoms with Gasteiger partial charge in [-0.05, 0) is 72.3 Å². The summed E-state index contributed by atoms with van der Waals surface area (Å²) in [4.78, 5) is 14.7. The maximum atomic E-state index is 13.1. The second kappa shape index (κ2) is 9.27. The van der Waals surface area contributed by atoms with Gasteiger partial charge in [-0.25, -0.2) is 0 Å². The van der Waals surface area contributed by atoms with E-state index in [0.29, 0.717) is 15.5 Å². The van der Waals surface area contributed by atoms with Crippen molar-refractivity contribution in [1.29, 1.82) is 0 Å². The van der Waals surface area contributed by atoms with Gasteiger partial charge in [0.05, 0.1) is 12.0 Å². The molecule has 0 bridgehead atoms. The molecule has 0 aliphatic carbocycles. The Labute approximate surface area is 176 Å². The van der Waals surface area contributed by atoms with E-state index < -0.39 is 0 Å². The summed E-state index contributed by atoms with van der Waals surface area (Å²) in [5, 5.41) is 0.604. The number of thioether (sulfide) groups is 1. The SMILES string of the molecule is COc1ccc(C=C(Sc2ccc(Br)cc2)C(=O)c2ccc(Cl)cc2)cc1. The molecule has 0 aromatic heterocycles. The van der Waals surface area contributed by atoms with Gasteiger partial charge >= 0.3 is 0 Å². The highest BCUT2D eigenvalue weighted by atomic mass is 79.9. The first-order valence-electron chi connectivity index (χ1n) is 8.14. The molecule has 3 aromatic carbocycles. The van der Waals surface area contributed by atoms with E-state index in [2.05, 4.69) is 15.9 Å². The summed E-state index contributed by atoms with van der Waals surface area (Å²) < 4.78 is 6.20. The molecule has 0 unspecified atom stereocenters. The van der Waals surface area contributed by atoms with Gasteiger partial charge in [0.2, 0.25) is 0 Å². The summed E-state index contributed by atoms with van der Waals surface area (Å²) in [5.74, 6) is 0.730. The third-order valence-electron chi connectivity index (χ3n) is 3.79. The number of carbonyl (C=O) groups is 1. The molecule has 0 N–H and O–H groups in total. The van der Waals surface area contributed by atoms with E-state index in [4.69, 9.17) is 16.3 Å². The molecule has 0 aliphatic heterocycles. The van der Waals surface area contributed by atoms with E-state index in [-0.39, 0.29) is 5.78 Å². The monoisotopic (exact) mass is 458 g/mol. The fraction of sp³-hybridized carbons (Fsp3) is 0.0455. The predicted molar refractivity (Wildman–Crippen MR) is 117 cm³/mol. The highest BCUT2D eigenvalue weighted by Gasteiger charge is 2.14.